The van der Waals surface area contributed by atoms with Gasteiger partial charge in [0.05, 0.1) is 5.69 Å². The standard InChI is InChI=1S/C17H25N3S/c1-2-14(18)11-15-17(21-12-13-7-3-4-8-13)19-16-9-5-6-10-20(15)16/h5-6,9-10,13-14H,2-4,7-8,11-12,18H2,1H3. The van der Waals surface area contributed by atoms with E-state index in [1.54, 1.807) is 0 Å². The van der Waals surface area contributed by atoms with E-state index in [2.05, 4.69) is 35.7 Å². The number of nitrogens with two attached hydrogens (primary N) is 1. The van der Waals surface area contributed by atoms with Crippen LogP contribution in [0.25, 0.3) is 5.65 Å². The van der Waals surface area contributed by atoms with E-state index in [0.29, 0.717) is 0 Å². The van der Waals surface area contributed by atoms with Crippen LogP contribution in [0, 0.1) is 5.92 Å². The molecule has 2 heterocycles. The SMILES string of the molecule is CCC(N)Cc1c(SCC2CCCC2)nc2ccccn12. The van der Waals surface area contributed by atoms with E-state index in [9.17, 15) is 0 Å². The number of pyridine rings is 1. The van der Waals surface area contributed by atoms with Gasteiger partial charge in [-0.15, -0.1) is 11.8 Å². The summed E-state index contributed by atoms with van der Waals surface area (Å²) in [4.78, 5) is 4.83. The molecule has 3 rings (SSSR count). The summed E-state index contributed by atoms with van der Waals surface area (Å²) in [6.07, 6.45) is 9.63. The predicted molar refractivity (Wildman–Crippen MR) is 89.8 cm³/mol. The van der Waals surface area contributed by atoms with Gasteiger partial charge in [0.1, 0.15) is 10.7 Å². The molecule has 2 aromatic heterocycles. The maximum absolute atomic E-state index is 6.19. The summed E-state index contributed by atoms with van der Waals surface area (Å²) >= 11 is 1.94. The van der Waals surface area contributed by atoms with E-state index in [0.717, 1.165) is 24.4 Å². The lowest BCUT2D eigenvalue weighted by atomic mass is 10.1. The van der Waals surface area contributed by atoms with E-state index in [1.807, 2.05) is 11.8 Å². The zero-order valence-electron chi connectivity index (χ0n) is 12.8. The molecule has 0 radical (unpaired) electrons. The topological polar surface area (TPSA) is 43.3 Å². The summed E-state index contributed by atoms with van der Waals surface area (Å²) < 4.78 is 2.21. The normalized spacial score (nSPS) is 17.6. The van der Waals surface area contributed by atoms with Crippen molar-refractivity contribution in [2.45, 2.75) is 56.5 Å². The second-order valence-corrected chi connectivity index (χ2v) is 7.14. The Morgan fingerprint density at radius 2 is 2.19 bits per heavy atom. The fourth-order valence-corrected chi connectivity index (χ4v) is 4.33. The Bertz CT molecular complexity index is 587. The Balaban J connectivity index is 1.82. The molecule has 0 bridgehead atoms. The fourth-order valence-electron chi connectivity index (χ4n) is 3.09. The number of hydrogen-bond donors (Lipinski definition) is 1. The lowest BCUT2D eigenvalue weighted by molar-refractivity contribution is 0.619. The minimum atomic E-state index is 0.218. The van der Waals surface area contributed by atoms with E-state index in [1.165, 1.54) is 42.2 Å². The quantitative estimate of drug-likeness (QED) is 0.823. The number of thioether (sulfide) groups is 1. The van der Waals surface area contributed by atoms with Crippen molar-refractivity contribution in [2.24, 2.45) is 11.7 Å². The first kappa shape index (κ1) is 14.9. The van der Waals surface area contributed by atoms with Gasteiger partial charge in [-0.25, -0.2) is 4.98 Å². The van der Waals surface area contributed by atoms with Crippen LogP contribution in [0.5, 0.6) is 0 Å². The molecule has 0 aliphatic heterocycles. The Labute approximate surface area is 131 Å². The highest BCUT2D eigenvalue weighted by atomic mass is 32.2. The molecule has 1 fully saturated rings. The molecule has 0 amide bonds. The van der Waals surface area contributed by atoms with Crippen LogP contribution in [0.1, 0.15) is 44.7 Å². The number of hydrogen-bond acceptors (Lipinski definition) is 3. The first-order valence-corrected chi connectivity index (χ1v) is 9.10. The van der Waals surface area contributed by atoms with Gasteiger partial charge in [0.25, 0.3) is 0 Å². The van der Waals surface area contributed by atoms with E-state index in [-0.39, 0.29) is 6.04 Å². The first-order chi connectivity index (χ1) is 10.3. The van der Waals surface area contributed by atoms with Crippen LogP contribution in [0.3, 0.4) is 0 Å². The molecule has 114 valence electrons. The first-order valence-electron chi connectivity index (χ1n) is 8.12. The summed E-state index contributed by atoms with van der Waals surface area (Å²) in [7, 11) is 0. The van der Waals surface area contributed by atoms with Crippen molar-refractivity contribution in [3.05, 3.63) is 30.1 Å². The number of aromatic nitrogens is 2. The second-order valence-electron chi connectivity index (χ2n) is 6.13. The van der Waals surface area contributed by atoms with Crippen LogP contribution < -0.4 is 5.73 Å². The Morgan fingerprint density at radius 1 is 1.38 bits per heavy atom. The largest absolute Gasteiger partial charge is 0.327 e. The third-order valence-corrected chi connectivity index (χ3v) is 5.74. The molecule has 0 spiro atoms. The van der Waals surface area contributed by atoms with Crippen molar-refractivity contribution in [3.8, 4) is 0 Å². The fraction of sp³-hybridized carbons (Fsp3) is 0.588. The summed E-state index contributed by atoms with van der Waals surface area (Å²) in [6, 6.07) is 6.43. The van der Waals surface area contributed by atoms with Crippen molar-refractivity contribution in [3.63, 3.8) is 0 Å². The van der Waals surface area contributed by atoms with Crippen molar-refractivity contribution in [1.29, 1.82) is 0 Å². The van der Waals surface area contributed by atoms with Gasteiger partial charge >= 0.3 is 0 Å². The number of imidazole rings is 1. The molecule has 2 N–H and O–H groups in total. The van der Waals surface area contributed by atoms with Crippen molar-refractivity contribution in [1.82, 2.24) is 9.38 Å². The number of fused-ring (bicyclic) bond motifs is 1. The van der Waals surface area contributed by atoms with Crippen molar-refractivity contribution >= 4 is 17.4 Å². The van der Waals surface area contributed by atoms with Crippen LogP contribution >= 0.6 is 11.8 Å². The van der Waals surface area contributed by atoms with Crippen molar-refractivity contribution < 1.29 is 0 Å². The van der Waals surface area contributed by atoms with Crippen LogP contribution in [0.4, 0.5) is 0 Å². The van der Waals surface area contributed by atoms with Gasteiger partial charge in [-0.2, -0.15) is 0 Å². The van der Waals surface area contributed by atoms with Crippen LogP contribution in [0.2, 0.25) is 0 Å². The second kappa shape index (κ2) is 6.84. The molecule has 1 atom stereocenters. The summed E-state index contributed by atoms with van der Waals surface area (Å²) in [5, 5.41) is 1.19. The zero-order chi connectivity index (χ0) is 14.7. The minimum absolute atomic E-state index is 0.218. The van der Waals surface area contributed by atoms with Crippen molar-refractivity contribution in [2.75, 3.05) is 5.75 Å². The van der Waals surface area contributed by atoms with Gasteiger partial charge < -0.3 is 10.1 Å². The highest BCUT2D eigenvalue weighted by Crippen LogP contribution is 2.32. The smallest absolute Gasteiger partial charge is 0.138 e. The average molecular weight is 303 g/mol. The van der Waals surface area contributed by atoms with E-state index in [4.69, 9.17) is 10.7 Å². The molecule has 1 saturated carbocycles. The molecule has 1 aliphatic rings. The van der Waals surface area contributed by atoms with E-state index < -0.39 is 0 Å². The predicted octanol–water partition coefficient (Wildman–Crippen LogP) is 3.90. The lowest BCUT2D eigenvalue weighted by Gasteiger charge is -2.11. The summed E-state index contributed by atoms with van der Waals surface area (Å²) in [5.74, 6) is 2.09. The maximum Gasteiger partial charge on any atom is 0.138 e. The molecule has 1 aliphatic carbocycles. The molecular weight excluding hydrogens is 278 g/mol. The summed E-state index contributed by atoms with van der Waals surface area (Å²) in [6.45, 7) is 2.15. The highest BCUT2D eigenvalue weighted by Gasteiger charge is 2.19. The average Bonchev–Trinajstić information content (AvgIpc) is 3.13. The van der Waals surface area contributed by atoms with Gasteiger partial charge in [-0.05, 0) is 37.3 Å². The monoisotopic (exact) mass is 303 g/mol. The van der Waals surface area contributed by atoms with Gasteiger partial charge in [0, 0.05) is 24.4 Å². The highest BCUT2D eigenvalue weighted by molar-refractivity contribution is 7.99. The molecular formula is C17H25N3S. The third kappa shape index (κ3) is 3.43. The molecule has 21 heavy (non-hydrogen) atoms. The van der Waals surface area contributed by atoms with Gasteiger partial charge in [-0.3, -0.25) is 0 Å². The molecule has 1 unspecified atom stereocenters. The Kier molecular flexibility index (Phi) is 4.86. The number of rotatable bonds is 6. The molecule has 0 aromatic carbocycles. The van der Waals surface area contributed by atoms with Crippen LogP contribution in [-0.2, 0) is 6.42 Å². The van der Waals surface area contributed by atoms with E-state index >= 15 is 0 Å². The Morgan fingerprint density at radius 3 is 2.95 bits per heavy atom. The van der Waals surface area contributed by atoms with Gasteiger partial charge in [-0.1, -0.05) is 25.8 Å². The molecule has 4 heteroatoms. The Hall–Kier alpha value is -1.00. The number of nitrogens with zero attached hydrogens (tertiary/aromatic N) is 2. The zero-order valence-corrected chi connectivity index (χ0v) is 13.6. The lowest BCUT2D eigenvalue weighted by Crippen LogP contribution is -2.22. The molecule has 3 nitrogen and oxygen atoms in total. The molecule has 2 aromatic rings. The van der Waals surface area contributed by atoms with Crippen LogP contribution in [0.15, 0.2) is 29.4 Å². The van der Waals surface area contributed by atoms with Gasteiger partial charge in [0.2, 0.25) is 0 Å². The minimum Gasteiger partial charge on any atom is -0.327 e. The van der Waals surface area contributed by atoms with Gasteiger partial charge in [0.15, 0.2) is 0 Å². The third-order valence-electron chi connectivity index (χ3n) is 4.50. The maximum atomic E-state index is 6.19. The summed E-state index contributed by atoms with van der Waals surface area (Å²) in [5.41, 5.74) is 8.53. The van der Waals surface area contributed by atoms with Crippen LogP contribution in [-0.4, -0.2) is 21.2 Å². The molecule has 0 saturated heterocycles.